The van der Waals surface area contributed by atoms with Crippen molar-refractivity contribution in [3.8, 4) is 0 Å². The number of ketones is 1. The van der Waals surface area contributed by atoms with Crippen LogP contribution >= 0.6 is 0 Å². The lowest BCUT2D eigenvalue weighted by Crippen LogP contribution is -2.16. The Morgan fingerprint density at radius 3 is 2.55 bits per heavy atom. The molecule has 106 valence electrons. The van der Waals surface area contributed by atoms with E-state index in [-0.39, 0.29) is 11.7 Å². The van der Waals surface area contributed by atoms with Gasteiger partial charge in [0.05, 0.1) is 5.69 Å². The maximum atomic E-state index is 12.6. The van der Waals surface area contributed by atoms with E-state index < -0.39 is 0 Å². The molecule has 2 aromatic rings. The Morgan fingerprint density at radius 2 is 1.95 bits per heavy atom. The number of rotatable bonds is 6. The monoisotopic (exact) mass is 270 g/mol. The van der Waals surface area contributed by atoms with Crippen LogP contribution in [0.25, 0.3) is 0 Å². The third-order valence-electron chi connectivity index (χ3n) is 3.64. The minimum absolute atomic E-state index is 0.0169. The first-order valence-corrected chi connectivity index (χ1v) is 7.26. The van der Waals surface area contributed by atoms with E-state index >= 15 is 0 Å². The molecule has 0 aliphatic heterocycles. The van der Waals surface area contributed by atoms with Crippen LogP contribution in [0.3, 0.4) is 0 Å². The van der Waals surface area contributed by atoms with E-state index in [4.69, 9.17) is 0 Å². The van der Waals surface area contributed by atoms with E-state index in [1.54, 1.807) is 0 Å². The number of aromatic nitrogens is 2. The molecule has 1 aromatic carbocycles. The normalized spacial score (nSPS) is 12.3. The molecule has 1 unspecified atom stereocenters. The van der Waals surface area contributed by atoms with Crippen molar-refractivity contribution in [1.82, 2.24) is 9.78 Å². The van der Waals surface area contributed by atoms with E-state index in [0.29, 0.717) is 6.42 Å². The summed E-state index contributed by atoms with van der Waals surface area (Å²) in [6.45, 7) is 6.89. The average molecular weight is 270 g/mol. The van der Waals surface area contributed by atoms with E-state index in [1.165, 1.54) is 0 Å². The van der Waals surface area contributed by atoms with Crippen LogP contribution in [0.4, 0.5) is 0 Å². The number of Topliss-reactive ketones (excluding diaryl/α,β-unsaturated/α-hetero) is 1. The van der Waals surface area contributed by atoms with E-state index in [0.717, 1.165) is 29.9 Å². The van der Waals surface area contributed by atoms with Crippen molar-refractivity contribution >= 4 is 5.78 Å². The molecule has 0 N–H and O–H groups in total. The highest BCUT2D eigenvalue weighted by molar-refractivity contribution is 5.87. The third kappa shape index (κ3) is 3.16. The van der Waals surface area contributed by atoms with Gasteiger partial charge in [0.15, 0.2) is 0 Å². The Labute approximate surface area is 120 Å². The van der Waals surface area contributed by atoms with Gasteiger partial charge in [-0.15, -0.1) is 0 Å². The molecular formula is C17H22N2O. The van der Waals surface area contributed by atoms with Gasteiger partial charge in [-0.05, 0) is 31.9 Å². The van der Waals surface area contributed by atoms with Crippen molar-refractivity contribution in [2.75, 3.05) is 0 Å². The van der Waals surface area contributed by atoms with Crippen LogP contribution in [0.5, 0.6) is 0 Å². The Bertz CT molecular complexity index is 572. The number of nitrogens with zero attached hydrogens (tertiary/aromatic N) is 2. The molecular weight excluding hydrogens is 248 g/mol. The lowest BCUT2D eigenvalue weighted by Gasteiger charge is -2.14. The minimum atomic E-state index is -0.0169. The van der Waals surface area contributed by atoms with Gasteiger partial charge in [-0.1, -0.05) is 37.3 Å². The third-order valence-corrected chi connectivity index (χ3v) is 3.64. The molecule has 1 atom stereocenters. The molecule has 0 aliphatic rings. The van der Waals surface area contributed by atoms with Gasteiger partial charge >= 0.3 is 0 Å². The van der Waals surface area contributed by atoms with Crippen LogP contribution < -0.4 is 0 Å². The molecule has 3 nitrogen and oxygen atoms in total. The predicted octanol–water partition coefficient (Wildman–Crippen LogP) is 3.52. The van der Waals surface area contributed by atoms with Gasteiger partial charge in [0, 0.05) is 24.6 Å². The molecule has 1 aromatic heterocycles. The SMILES string of the molecule is CCC(C(=O)Cc1cc(C)nn1CC)c1ccccc1. The summed E-state index contributed by atoms with van der Waals surface area (Å²) in [5, 5.41) is 4.40. The molecule has 0 saturated heterocycles. The second-order valence-electron chi connectivity index (χ2n) is 5.11. The average Bonchev–Trinajstić information content (AvgIpc) is 2.80. The zero-order valence-electron chi connectivity index (χ0n) is 12.5. The second kappa shape index (κ2) is 6.51. The van der Waals surface area contributed by atoms with Gasteiger partial charge in [0.1, 0.15) is 5.78 Å². The largest absolute Gasteiger partial charge is 0.299 e. The Kier molecular flexibility index (Phi) is 4.72. The van der Waals surface area contributed by atoms with Gasteiger partial charge in [0.25, 0.3) is 0 Å². The molecule has 0 spiro atoms. The molecule has 0 fully saturated rings. The molecule has 0 amide bonds. The van der Waals surface area contributed by atoms with Crippen molar-refractivity contribution in [1.29, 1.82) is 0 Å². The number of carbonyl (C=O) groups is 1. The lowest BCUT2D eigenvalue weighted by molar-refractivity contribution is -0.120. The molecule has 3 heteroatoms. The van der Waals surface area contributed by atoms with Crippen molar-refractivity contribution in [2.45, 2.75) is 46.1 Å². The van der Waals surface area contributed by atoms with Gasteiger partial charge < -0.3 is 0 Å². The number of benzene rings is 1. The summed E-state index contributed by atoms with van der Waals surface area (Å²) >= 11 is 0. The van der Waals surface area contributed by atoms with Crippen LogP contribution in [-0.2, 0) is 17.8 Å². The fourth-order valence-corrected chi connectivity index (χ4v) is 2.65. The standard InChI is InChI=1S/C17H22N2O/c1-4-16(14-9-7-6-8-10-14)17(20)12-15-11-13(3)18-19(15)5-2/h6-11,16H,4-5,12H2,1-3H3. The highest BCUT2D eigenvalue weighted by atomic mass is 16.1. The first-order chi connectivity index (χ1) is 9.65. The predicted molar refractivity (Wildman–Crippen MR) is 80.8 cm³/mol. The summed E-state index contributed by atoms with van der Waals surface area (Å²) in [5.74, 6) is 0.255. The van der Waals surface area contributed by atoms with Gasteiger partial charge in [-0.25, -0.2) is 0 Å². The fraction of sp³-hybridized carbons (Fsp3) is 0.412. The number of hydrogen-bond donors (Lipinski definition) is 0. The minimum Gasteiger partial charge on any atom is -0.299 e. The Balaban J connectivity index is 2.17. The summed E-state index contributed by atoms with van der Waals surface area (Å²) in [6.07, 6.45) is 1.30. The van der Waals surface area contributed by atoms with Crippen molar-refractivity contribution in [3.63, 3.8) is 0 Å². The zero-order valence-corrected chi connectivity index (χ0v) is 12.5. The maximum absolute atomic E-state index is 12.6. The van der Waals surface area contributed by atoms with Crippen LogP contribution in [-0.4, -0.2) is 15.6 Å². The number of carbonyl (C=O) groups excluding carboxylic acids is 1. The topological polar surface area (TPSA) is 34.9 Å². The Morgan fingerprint density at radius 1 is 1.25 bits per heavy atom. The fourth-order valence-electron chi connectivity index (χ4n) is 2.65. The second-order valence-corrected chi connectivity index (χ2v) is 5.11. The van der Waals surface area contributed by atoms with E-state index in [2.05, 4.69) is 18.9 Å². The smallest absolute Gasteiger partial charge is 0.146 e. The molecule has 1 heterocycles. The van der Waals surface area contributed by atoms with Crippen LogP contribution in [0.1, 0.15) is 43.1 Å². The summed E-state index contributed by atoms with van der Waals surface area (Å²) in [4.78, 5) is 12.6. The van der Waals surface area contributed by atoms with Crippen molar-refractivity contribution in [3.05, 3.63) is 53.3 Å². The molecule has 0 saturated carbocycles. The zero-order chi connectivity index (χ0) is 14.5. The molecule has 0 bridgehead atoms. The van der Waals surface area contributed by atoms with Gasteiger partial charge in [0.2, 0.25) is 0 Å². The van der Waals surface area contributed by atoms with E-state index in [1.807, 2.05) is 48.0 Å². The number of aryl methyl sites for hydroxylation is 2. The quantitative estimate of drug-likeness (QED) is 0.805. The first kappa shape index (κ1) is 14.5. The first-order valence-electron chi connectivity index (χ1n) is 7.26. The highest BCUT2D eigenvalue weighted by Crippen LogP contribution is 2.22. The Hall–Kier alpha value is -1.90. The van der Waals surface area contributed by atoms with E-state index in [9.17, 15) is 4.79 Å². The van der Waals surface area contributed by atoms with Crippen LogP contribution in [0, 0.1) is 6.92 Å². The molecule has 2 rings (SSSR count). The summed E-state index contributed by atoms with van der Waals surface area (Å²) in [7, 11) is 0. The summed E-state index contributed by atoms with van der Waals surface area (Å²) in [5.41, 5.74) is 3.10. The van der Waals surface area contributed by atoms with Crippen molar-refractivity contribution < 1.29 is 4.79 Å². The highest BCUT2D eigenvalue weighted by Gasteiger charge is 2.20. The molecule has 0 aliphatic carbocycles. The summed E-state index contributed by atoms with van der Waals surface area (Å²) in [6, 6.07) is 12.1. The van der Waals surface area contributed by atoms with Crippen LogP contribution in [0.2, 0.25) is 0 Å². The molecule has 0 radical (unpaired) electrons. The maximum Gasteiger partial charge on any atom is 0.146 e. The van der Waals surface area contributed by atoms with Crippen molar-refractivity contribution in [2.24, 2.45) is 0 Å². The van der Waals surface area contributed by atoms with Gasteiger partial charge in [-0.2, -0.15) is 5.10 Å². The van der Waals surface area contributed by atoms with Gasteiger partial charge in [-0.3, -0.25) is 9.48 Å². The van der Waals surface area contributed by atoms with Crippen LogP contribution in [0.15, 0.2) is 36.4 Å². The summed E-state index contributed by atoms with van der Waals surface area (Å²) < 4.78 is 1.92. The molecule has 20 heavy (non-hydrogen) atoms. The number of hydrogen-bond acceptors (Lipinski definition) is 2. The lowest BCUT2D eigenvalue weighted by atomic mass is 9.90.